The largest absolute Gasteiger partial charge is 0.345 e. The number of aryl methyl sites for hydroxylation is 1. The van der Waals surface area contributed by atoms with E-state index in [0.717, 1.165) is 37.1 Å². The lowest BCUT2D eigenvalue weighted by atomic mass is 9.96. The van der Waals surface area contributed by atoms with Crippen molar-refractivity contribution < 1.29 is 9.18 Å². The molecule has 2 unspecified atom stereocenters. The van der Waals surface area contributed by atoms with Crippen molar-refractivity contribution in [3.8, 4) is 0 Å². The summed E-state index contributed by atoms with van der Waals surface area (Å²) in [4.78, 5) is 12.6. The molecule has 2 aromatic carbocycles. The Kier molecular flexibility index (Phi) is 8.08. The third-order valence-corrected chi connectivity index (χ3v) is 5.32. The summed E-state index contributed by atoms with van der Waals surface area (Å²) in [5, 5.41) is 7.00. The summed E-state index contributed by atoms with van der Waals surface area (Å²) in [6, 6.07) is 12.0. The van der Waals surface area contributed by atoms with Gasteiger partial charge in [-0.15, -0.1) is 12.4 Å². The minimum Gasteiger partial charge on any atom is -0.345 e. The fourth-order valence-electron chi connectivity index (χ4n) is 3.43. The van der Waals surface area contributed by atoms with E-state index in [9.17, 15) is 9.18 Å². The Morgan fingerprint density at radius 3 is 2.78 bits per heavy atom. The van der Waals surface area contributed by atoms with Crippen LogP contribution in [0.2, 0.25) is 5.02 Å². The number of benzene rings is 2. The summed E-state index contributed by atoms with van der Waals surface area (Å²) in [6.45, 7) is 3.74. The Hall–Kier alpha value is -1.62. The summed E-state index contributed by atoms with van der Waals surface area (Å²) in [6.07, 6.45) is 2.47. The second-order valence-corrected chi connectivity index (χ2v) is 7.34. The van der Waals surface area contributed by atoms with Gasteiger partial charge in [-0.3, -0.25) is 4.79 Å². The summed E-state index contributed by atoms with van der Waals surface area (Å²) >= 11 is 6.37. The van der Waals surface area contributed by atoms with E-state index in [1.807, 2.05) is 18.2 Å². The number of hydrogen-bond acceptors (Lipinski definition) is 2. The molecule has 0 radical (unpaired) electrons. The summed E-state index contributed by atoms with van der Waals surface area (Å²) in [5.41, 5.74) is 2.19. The van der Waals surface area contributed by atoms with Gasteiger partial charge in [-0.1, -0.05) is 41.9 Å². The van der Waals surface area contributed by atoms with Gasteiger partial charge in [0.25, 0.3) is 0 Å². The topological polar surface area (TPSA) is 41.1 Å². The quantitative estimate of drug-likeness (QED) is 0.717. The molecule has 146 valence electrons. The smallest absolute Gasteiger partial charge is 0.220 e. The van der Waals surface area contributed by atoms with Crippen LogP contribution in [0.1, 0.15) is 42.0 Å². The van der Waals surface area contributed by atoms with Gasteiger partial charge in [0.2, 0.25) is 5.91 Å². The van der Waals surface area contributed by atoms with Crippen LogP contribution in [-0.2, 0) is 4.79 Å². The molecular weight excluding hydrogens is 386 g/mol. The first-order chi connectivity index (χ1) is 12.5. The van der Waals surface area contributed by atoms with E-state index in [1.54, 1.807) is 25.1 Å². The zero-order valence-electron chi connectivity index (χ0n) is 15.3. The maximum atomic E-state index is 13.7. The van der Waals surface area contributed by atoms with Crippen molar-refractivity contribution in [1.29, 1.82) is 0 Å². The molecule has 1 heterocycles. The molecule has 3 rings (SSSR count). The molecule has 27 heavy (non-hydrogen) atoms. The van der Waals surface area contributed by atoms with Gasteiger partial charge in [0.1, 0.15) is 5.82 Å². The van der Waals surface area contributed by atoms with Crippen LogP contribution < -0.4 is 10.6 Å². The highest BCUT2D eigenvalue weighted by Crippen LogP contribution is 2.29. The van der Waals surface area contributed by atoms with E-state index >= 15 is 0 Å². The molecule has 3 nitrogen and oxygen atoms in total. The highest BCUT2D eigenvalue weighted by atomic mass is 35.5. The first-order valence-electron chi connectivity index (χ1n) is 9.05. The molecule has 1 saturated heterocycles. The predicted molar refractivity (Wildman–Crippen MR) is 110 cm³/mol. The molecule has 0 spiro atoms. The highest BCUT2D eigenvalue weighted by molar-refractivity contribution is 6.31. The van der Waals surface area contributed by atoms with Crippen LogP contribution in [0.4, 0.5) is 4.39 Å². The summed E-state index contributed by atoms with van der Waals surface area (Å²) in [5.74, 6) is 0.295. The lowest BCUT2D eigenvalue weighted by molar-refractivity contribution is -0.121. The molecule has 1 fully saturated rings. The molecular formula is C21H25Cl2FN2O. The highest BCUT2D eigenvalue weighted by Gasteiger charge is 2.21. The van der Waals surface area contributed by atoms with Crippen molar-refractivity contribution in [3.63, 3.8) is 0 Å². The van der Waals surface area contributed by atoms with Gasteiger partial charge in [-0.05, 0) is 67.6 Å². The number of carbonyl (C=O) groups excluding carboxylic acids is 1. The van der Waals surface area contributed by atoms with Gasteiger partial charge in [0, 0.05) is 11.4 Å². The fraction of sp³-hybridized carbons (Fsp3) is 0.381. The molecule has 1 aliphatic rings. The molecule has 0 aliphatic carbocycles. The summed E-state index contributed by atoms with van der Waals surface area (Å²) < 4.78 is 13.7. The molecule has 2 aromatic rings. The average Bonchev–Trinajstić information content (AvgIpc) is 3.15. The third-order valence-electron chi connectivity index (χ3n) is 4.98. The standard InChI is InChI=1S/C21H24ClFN2O.ClH/c1-14-12-16(7-8-19(14)23)21(17-4-2-3-5-18(17)22)25-20(26)9-6-15-10-11-24-13-15;/h2-5,7-8,12,15,21,24H,6,9-11,13H2,1H3,(H,25,26);1H. The lowest BCUT2D eigenvalue weighted by Crippen LogP contribution is -2.30. The normalized spacial score (nSPS) is 17.2. The van der Waals surface area contributed by atoms with Crippen molar-refractivity contribution in [2.75, 3.05) is 13.1 Å². The van der Waals surface area contributed by atoms with E-state index in [0.29, 0.717) is 22.9 Å². The van der Waals surface area contributed by atoms with Crippen molar-refractivity contribution >= 4 is 29.9 Å². The number of carbonyl (C=O) groups is 1. The van der Waals surface area contributed by atoms with Gasteiger partial charge in [-0.25, -0.2) is 4.39 Å². The first kappa shape index (κ1) is 21.7. The molecule has 0 bridgehead atoms. The van der Waals surface area contributed by atoms with Crippen LogP contribution in [0.5, 0.6) is 0 Å². The Balaban J connectivity index is 0.00000261. The van der Waals surface area contributed by atoms with Gasteiger partial charge in [0.05, 0.1) is 6.04 Å². The number of amides is 1. The maximum absolute atomic E-state index is 13.7. The van der Waals surface area contributed by atoms with E-state index in [2.05, 4.69) is 10.6 Å². The third kappa shape index (κ3) is 5.68. The molecule has 1 aliphatic heterocycles. The lowest BCUT2D eigenvalue weighted by Gasteiger charge is -2.22. The number of nitrogens with one attached hydrogen (secondary N) is 2. The second-order valence-electron chi connectivity index (χ2n) is 6.93. The van der Waals surface area contributed by atoms with Gasteiger partial charge in [-0.2, -0.15) is 0 Å². The number of halogens is 3. The van der Waals surface area contributed by atoms with Crippen LogP contribution in [0, 0.1) is 18.7 Å². The SMILES string of the molecule is Cc1cc(C(NC(=O)CCC2CCNC2)c2ccccc2Cl)ccc1F.Cl. The molecule has 2 atom stereocenters. The minimum atomic E-state index is -0.391. The number of hydrogen-bond donors (Lipinski definition) is 2. The van der Waals surface area contributed by atoms with Crippen LogP contribution in [0.3, 0.4) is 0 Å². The van der Waals surface area contributed by atoms with Crippen LogP contribution >= 0.6 is 24.0 Å². The maximum Gasteiger partial charge on any atom is 0.220 e. The van der Waals surface area contributed by atoms with Crippen molar-refractivity contribution in [3.05, 3.63) is 70.0 Å². The number of rotatable bonds is 6. The average molecular weight is 411 g/mol. The van der Waals surface area contributed by atoms with Crippen molar-refractivity contribution in [2.24, 2.45) is 5.92 Å². The molecule has 0 saturated carbocycles. The monoisotopic (exact) mass is 410 g/mol. The van der Waals surface area contributed by atoms with Crippen molar-refractivity contribution in [1.82, 2.24) is 10.6 Å². The molecule has 6 heteroatoms. The Morgan fingerprint density at radius 1 is 1.33 bits per heavy atom. The van der Waals surface area contributed by atoms with Gasteiger partial charge >= 0.3 is 0 Å². The van der Waals surface area contributed by atoms with Crippen LogP contribution in [0.15, 0.2) is 42.5 Å². The van der Waals surface area contributed by atoms with Gasteiger partial charge in [0.15, 0.2) is 0 Å². The molecule has 0 aromatic heterocycles. The van der Waals surface area contributed by atoms with E-state index in [1.165, 1.54) is 6.07 Å². The summed E-state index contributed by atoms with van der Waals surface area (Å²) in [7, 11) is 0. The molecule has 1 amide bonds. The predicted octanol–water partition coefficient (Wildman–Crippen LogP) is 4.80. The zero-order valence-corrected chi connectivity index (χ0v) is 16.9. The van der Waals surface area contributed by atoms with E-state index in [4.69, 9.17) is 11.6 Å². The fourth-order valence-corrected chi connectivity index (χ4v) is 3.67. The molecule has 2 N–H and O–H groups in total. The Morgan fingerprint density at radius 2 is 2.11 bits per heavy atom. The zero-order chi connectivity index (χ0) is 18.5. The van der Waals surface area contributed by atoms with Gasteiger partial charge < -0.3 is 10.6 Å². The van der Waals surface area contributed by atoms with E-state index in [-0.39, 0.29) is 24.1 Å². The minimum absolute atomic E-state index is 0. The Labute approximate surface area is 171 Å². The van der Waals surface area contributed by atoms with Crippen LogP contribution in [0.25, 0.3) is 0 Å². The second kappa shape index (κ2) is 10.1. The Bertz CT molecular complexity index is 779. The first-order valence-corrected chi connectivity index (χ1v) is 9.43. The van der Waals surface area contributed by atoms with Crippen molar-refractivity contribution in [2.45, 2.75) is 32.2 Å². The van der Waals surface area contributed by atoms with Crippen LogP contribution in [-0.4, -0.2) is 19.0 Å². The van der Waals surface area contributed by atoms with E-state index < -0.39 is 6.04 Å².